The topological polar surface area (TPSA) is 49.3 Å². The van der Waals surface area contributed by atoms with Gasteiger partial charge in [0.2, 0.25) is 5.91 Å². The van der Waals surface area contributed by atoms with E-state index in [-0.39, 0.29) is 18.2 Å². The summed E-state index contributed by atoms with van der Waals surface area (Å²) in [6.45, 7) is 4.18. The normalized spacial score (nSPS) is 12.5. The molecule has 1 unspecified atom stereocenters. The summed E-state index contributed by atoms with van der Waals surface area (Å²) in [6.07, 6.45) is 0.0589. The number of aliphatic hydroxyl groups is 1. The van der Waals surface area contributed by atoms with Crippen LogP contribution in [0.15, 0.2) is 23.1 Å². The predicted molar refractivity (Wildman–Crippen MR) is 75.6 cm³/mol. The van der Waals surface area contributed by atoms with Gasteiger partial charge >= 0.3 is 0 Å². The van der Waals surface area contributed by atoms with Crippen molar-refractivity contribution in [1.82, 2.24) is 5.32 Å². The molecule has 0 aromatic heterocycles. The summed E-state index contributed by atoms with van der Waals surface area (Å²) in [4.78, 5) is 12.0. The molecule has 1 amide bonds. The van der Waals surface area contributed by atoms with Crippen LogP contribution >= 0.6 is 11.8 Å². The number of hydrogen-bond donors (Lipinski definition) is 2. The van der Waals surface area contributed by atoms with E-state index in [4.69, 9.17) is 0 Å². The Balaban J connectivity index is 2.31. The molecule has 3 nitrogen and oxygen atoms in total. The van der Waals surface area contributed by atoms with Gasteiger partial charge < -0.3 is 10.4 Å². The first-order valence-electron chi connectivity index (χ1n) is 6.41. The van der Waals surface area contributed by atoms with Crippen LogP contribution < -0.4 is 5.32 Å². The molecule has 1 atom stereocenters. The maximum absolute atomic E-state index is 13.0. The minimum atomic E-state index is -0.928. The molecule has 1 aromatic carbocycles. The van der Waals surface area contributed by atoms with Gasteiger partial charge in [-0.05, 0) is 30.5 Å². The van der Waals surface area contributed by atoms with Crippen molar-refractivity contribution in [3.63, 3.8) is 0 Å². The van der Waals surface area contributed by atoms with E-state index in [0.717, 1.165) is 23.9 Å². The molecule has 20 heavy (non-hydrogen) atoms. The van der Waals surface area contributed by atoms with Crippen molar-refractivity contribution in [2.75, 3.05) is 12.3 Å². The molecule has 112 valence electrons. The van der Waals surface area contributed by atoms with Gasteiger partial charge in [-0.2, -0.15) is 0 Å². The zero-order valence-corrected chi connectivity index (χ0v) is 12.3. The number of rotatable bonds is 7. The lowest BCUT2D eigenvalue weighted by Crippen LogP contribution is -2.33. The molecule has 1 rings (SSSR count). The Morgan fingerprint density at radius 3 is 2.65 bits per heavy atom. The summed E-state index contributed by atoms with van der Waals surface area (Å²) >= 11 is 1.12. The van der Waals surface area contributed by atoms with Gasteiger partial charge in [0.15, 0.2) is 11.6 Å². The number of carbonyl (C=O) groups is 1. The van der Waals surface area contributed by atoms with E-state index >= 15 is 0 Å². The molecule has 0 bridgehead atoms. The van der Waals surface area contributed by atoms with Crippen LogP contribution in [0.3, 0.4) is 0 Å². The quantitative estimate of drug-likeness (QED) is 0.761. The zero-order valence-electron chi connectivity index (χ0n) is 11.5. The third-order valence-electron chi connectivity index (χ3n) is 2.54. The number of benzene rings is 1. The molecule has 0 spiro atoms. The maximum Gasteiger partial charge on any atom is 0.230 e. The number of thioether (sulfide) groups is 1. The number of amides is 1. The second-order valence-electron chi connectivity index (χ2n) is 4.95. The highest BCUT2D eigenvalue weighted by Crippen LogP contribution is 2.20. The predicted octanol–water partition coefficient (Wildman–Crippen LogP) is 2.58. The Morgan fingerprint density at radius 2 is 2.05 bits per heavy atom. The Labute approximate surface area is 121 Å². The van der Waals surface area contributed by atoms with Crippen molar-refractivity contribution in [2.45, 2.75) is 31.3 Å². The van der Waals surface area contributed by atoms with E-state index in [0.29, 0.717) is 17.2 Å². The second-order valence-corrected chi connectivity index (χ2v) is 6.00. The lowest BCUT2D eigenvalue weighted by molar-refractivity contribution is -0.119. The van der Waals surface area contributed by atoms with Gasteiger partial charge in [0.1, 0.15) is 0 Å². The summed E-state index contributed by atoms with van der Waals surface area (Å²) in [5.41, 5.74) is 0. The molecular weight excluding hydrogens is 284 g/mol. The van der Waals surface area contributed by atoms with Gasteiger partial charge in [-0.15, -0.1) is 11.8 Å². The van der Waals surface area contributed by atoms with Gasteiger partial charge in [-0.25, -0.2) is 8.78 Å². The number of aliphatic hydroxyl groups excluding tert-OH is 1. The van der Waals surface area contributed by atoms with Gasteiger partial charge in [0.25, 0.3) is 0 Å². The first kappa shape index (κ1) is 16.9. The smallest absolute Gasteiger partial charge is 0.230 e. The molecule has 0 fully saturated rings. The van der Waals surface area contributed by atoms with E-state index in [2.05, 4.69) is 5.32 Å². The lowest BCUT2D eigenvalue weighted by Gasteiger charge is -2.13. The van der Waals surface area contributed by atoms with Crippen LogP contribution in [0.4, 0.5) is 8.78 Å². The minimum absolute atomic E-state index is 0.0967. The maximum atomic E-state index is 13.0. The van der Waals surface area contributed by atoms with Crippen molar-refractivity contribution in [1.29, 1.82) is 0 Å². The fourth-order valence-electron chi connectivity index (χ4n) is 1.63. The summed E-state index contributed by atoms with van der Waals surface area (Å²) in [5, 5.41) is 12.2. The van der Waals surface area contributed by atoms with Crippen LogP contribution in [0.5, 0.6) is 0 Å². The number of carbonyl (C=O) groups excluding carboxylic acids is 1. The van der Waals surface area contributed by atoms with Crippen molar-refractivity contribution in [3.8, 4) is 0 Å². The van der Waals surface area contributed by atoms with Crippen LogP contribution in [0, 0.1) is 17.6 Å². The van der Waals surface area contributed by atoms with Crippen molar-refractivity contribution in [2.24, 2.45) is 5.92 Å². The second kappa shape index (κ2) is 8.21. The molecule has 0 aliphatic rings. The minimum Gasteiger partial charge on any atom is -0.391 e. The largest absolute Gasteiger partial charge is 0.391 e. The summed E-state index contributed by atoms with van der Waals surface area (Å²) in [6, 6.07) is 3.51. The zero-order chi connectivity index (χ0) is 15.1. The summed E-state index contributed by atoms with van der Waals surface area (Å²) in [7, 11) is 0. The molecule has 0 heterocycles. The van der Waals surface area contributed by atoms with Crippen LogP contribution in [-0.4, -0.2) is 29.4 Å². The number of hydrogen-bond acceptors (Lipinski definition) is 3. The van der Waals surface area contributed by atoms with Gasteiger partial charge in [0, 0.05) is 11.4 Å². The van der Waals surface area contributed by atoms with Crippen LogP contribution in [0.25, 0.3) is 0 Å². The fraction of sp³-hybridized carbons (Fsp3) is 0.500. The first-order valence-corrected chi connectivity index (χ1v) is 7.39. The molecule has 1 aromatic rings. The van der Waals surface area contributed by atoms with E-state index < -0.39 is 17.7 Å². The molecule has 0 radical (unpaired) electrons. The average molecular weight is 303 g/mol. The van der Waals surface area contributed by atoms with Crippen LogP contribution in [0.2, 0.25) is 0 Å². The summed E-state index contributed by atoms with van der Waals surface area (Å²) in [5.74, 6) is -1.63. The monoisotopic (exact) mass is 303 g/mol. The lowest BCUT2D eigenvalue weighted by atomic mass is 10.1. The number of halogens is 2. The van der Waals surface area contributed by atoms with Crippen molar-refractivity contribution < 1.29 is 18.7 Å². The Bertz CT molecular complexity index is 455. The highest BCUT2D eigenvalue weighted by Gasteiger charge is 2.10. The molecule has 6 heteroatoms. The van der Waals surface area contributed by atoms with E-state index in [9.17, 15) is 18.7 Å². The third kappa shape index (κ3) is 6.34. The Kier molecular flexibility index (Phi) is 6.95. The number of nitrogens with one attached hydrogen (secondary N) is 1. The van der Waals surface area contributed by atoms with Crippen LogP contribution in [-0.2, 0) is 4.79 Å². The van der Waals surface area contributed by atoms with E-state index in [1.54, 1.807) is 0 Å². The van der Waals surface area contributed by atoms with Crippen LogP contribution in [0.1, 0.15) is 20.3 Å². The Morgan fingerprint density at radius 1 is 1.35 bits per heavy atom. The third-order valence-corrected chi connectivity index (χ3v) is 3.53. The van der Waals surface area contributed by atoms with Gasteiger partial charge in [-0.3, -0.25) is 4.79 Å². The first-order chi connectivity index (χ1) is 9.38. The Hall–Kier alpha value is -1.14. The standard InChI is InChI=1S/C14H19F2NO2S/c1-9(2)5-10(18)7-17-14(19)8-20-11-3-4-12(15)13(16)6-11/h3-4,6,9-10,18H,5,7-8H2,1-2H3,(H,17,19). The molecular formula is C14H19F2NO2S. The fourth-order valence-corrected chi connectivity index (χ4v) is 2.38. The van der Waals surface area contributed by atoms with E-state index in [1.807, 2.05) is 13.8 Å². The molecule has 0 aliphatic carbocycles. The van der Waals surface area contributed by atoms with Gasteiger partial charge in [-0.1, -0.05) is 13.8 Å². The SMILES string of the molecule is CC(C)CC(O)CNC(=O)CSc1ccc(F)c(F)c1. The van der Waals surface area contributed by atoms with Crippen molar-refractivity contribution >= 4 is 17.7 Å². The van der Waals surface area contributed by atoms with Gasteiger partial charge in [0.05, 0.1) is 11.9 Å². The average Bonchev–Trinajstić information content (AvgIpc) is 2.37. The molecule has 0 saturated carbocycles. The van der Waals surface area contributed by atoms with Crippen molar-refractivity contribution in [3.05, 3.63) is 29.8 Å². The molecule has 0 aliphatic heterocycles. The summed E-state index contributed by atoms with van der Waals surface area (Å²) < 4.78 is 25.7. The highest BCUT2D eigenvalue weighted by atomic mass is 32.2. The van der Waals surface area contributed by atoms with E-state index in [1.165, 1.54) is 6.07 Å². The molecule has 2 N–H and O–H groups in total. The molecule has 0 saturated heterocycles. The highest BCUT2D eigenvalue weighted by molar-refractivity contribution is 8.00.